The summed E-state index contributed by atoms with van der Waals surface area (Å²) in [5.41, 5.74) is 4.39. The number of fused-ring (bicyclic) bond motifs is 2. The van der Waals surface area contributed by atoms with Crippen LogP contribution in [0.4, 0.5) is 11.5 Å². The third kappa shape index (κ3) is 8.12. The first kappa shape index (κ1) is 39.6. The maximum atomic E-state index is 15.2. The van der Waals surface area contributed by atoms with Crippen LogP contribution in [0.1, 0.15) is 66.5 Å². The highest BCUT2D eigenvalue weighted by Gasteiger charge is 2.54. The lowest BCUT2D eigenvalue weighted by Gasteiger charge is -2.45. The SMILES string of the molecule is COc1cc(CCC(=O)[C@H]([C@H](O)CCc2ccc(O)c3c2CCCO3)[C@@]2(c3ccnc(Nc4ccc5cc(O)ccc5c4)c3)CCC[C@H]2Cc2ccc[n-]2)cc(O)c1O. The van der Waals surface area contributed by atoms with Crippen LogP contribution in [-0.2, 0) is 35.9 Å². The number of benzene rings is 4. The Morgan fingerprint density at radius 2 is 1.81 bits per heavy atom. The number of carbonyl (C=O) groups excluding carboxylic acids is 1. The largest absolute Gasteiger partial charge is 0.668 e. The molecule has 2 aromatic heterocycles. The van der Waals surface area contributed by atoms with Gasteiger partial charge in [-0.3, -0.25) is 4.79 Å². The summed E-state index contributed by atoms with van der Waals surface area (Å²) in [7, 11) is 1.41. The second kappa shape index (κ2) is 17.0. The number of hydrogen-bond acceptors (Lipinski definition) is 10. The molecule has 0 amide bonds. The third-order valence-electron chi connectivity index (χ3n) is 12.5. The molecule has 8 rings (SSSR count). The average Bonchev–Trinajstić information content (AvgIpc) is 3.92. The van der Waals surface area contributed by atoms with E-state index >= 15 is 4.79 Å². The molecule has 4 aromatic carbocycles. The van der Waals surface area contributed by atoms with Crippen molar-refractivity contribution in [1.82, 2.24) is 9.97 Å². The lowest BCUT2D eigenvalue weighted by molar-refractivity contribution is -0.131. The molecular weight excluding hydrogens is 747 g/mol. The summed E-state index contributed by atoms with van der Waals surface area (Å²) < 4.78 is 11.1. The van der Waals surface area contributed by atoms with E-state index in [1.54, 1.807) is 36.7 Å². The van der Waals surface area contributed by atoms with Gasteiger partial charge in [0.05, 0.1) is 25.7 Å². The van der Waals surface area contributed by atoms with Crippen molar-refractivity contribution >= 4 is 28.1 Å². The number of aliphatic hydroxyl groups excluding tert-OH is 1. The van der Waals surface area contributed by atoms with Gasteiger partial charge in [0, 0.05) is 29.3 Å². The minimum Gasteiger partial charge on any atom is -0.668 e. The van der Waals surface area contributed by atoms with Gasteiger partial charge in [-0.15, -0.1) is 0 Å². The summed E-state index contributed by atoms with van der Waals surface area (Å²) in [4.78, 5) is 24.5. The number of aromatic nitrogens is 2. The van der Waals surface area contributed by atoms with Gasteiger partial charge in [-0.1, -0.05) is 36.8 Å². The molecule has 0 spiro atoms. The van der Waals surface area contributed by atoms with Crippen molar-refractivity contribution in [1.29, 1.82) is 0 Å². The zero-order valence-corrected chi connectivity index (χ0v) is 33.1. The molecule has 1 saturated carbocycles. The zero-order chi connectivity index (χ0) is 41.1. The Bertz CT molecular complexity index is 2450. The van der Waals surface area contributed by atoms with Crippen LogP contribution in [0, 0.1) is 11.8 Å². The predicted molar refractivity (Wildman–Crippen MR) is 225 cm³/mol. The van der Waals surface area contributed by atoms with Crippen LogP contribution in [0.3, 0.4) is 0 Å². The molecular formula is C48H50N3O8-. The van der Waals surface area contributed by atoms with Crippen molar-refractivity contribution in [3.63, 3.8) is 0 Å². The summed E-state index contributed by atoms with van der Waals surface area (Å²) in [5.74, 6) is -0.163. The number of rotatable bonds is 15. The van der Waals surface area contributed by atoms with Gasteiger partial charge in [0.1, 0.15) is 17.4 Å². The number of phenolic OH excluding ortho intramolecular Hbond substituents is 4. The van der Waals surface area contributed by atoms with Crippen molar-refractivity contribution in [2.45, 2.75) is 75.7 Å². The smallest absolute Gasteiger partial charge is 0.200 e. The lowest BCUT2D eigenvalue weighted by Crippen LogP contribution is -2.49. The number of aromatic hydroxyl groups is 4. The number of ether oxygens (including phenoxy) is 2. The Morgan fingerprint density at radius 3 is 2.64 bits per heavy atom. The summed E-state index contributed by atoms with van der Waals surface area (Å²) in [6.45, 7) is 0.532. The molecule has 0 radical (unpaired) electrons. The summed E-state index contributed by atoms with van der Waals surface area (Å²) in [6.07, 6.45) is 8.14. The molecule has 59 heavy (non-hydrogen) atoms. The Kier molecular flexibility index (Phi) is 11.4. The lowest BCUT2D eigenvalue weighted by atomic mass is 9.59. The molecule has 1 aliphatic heterocycles. The van der Waals surface area contributed by atoms with Crippen molar-refractivity contribution in [3.05, 3.63) is 125 Å². The van der Waals surface area contributed by atoms with E-state index in [-0.39, 0.29) is 53.3 Å². The Morgan fingerprint density at radius 1 is 0.966 bits per heavy atom. The van der Waals surface area contributed by atoms with E-state index in [2.05, 4.69) is 10.3 Å². The molecule has 4 atom stereocenters. The fraction of sp³-hybridized carbons (Fsp3) is 0.333. The van der Waals surface area contributed by atoms with Crippen LogP contribution >= 0.6 is 0 Å². The summed E-state index contributed by atoms with van der Waals surface area (Å²) >= 11 is 0. The van der Waals surface area contributed by atoms with Crippen molar-refractivity contribution in [3.8, 4) is 34.5 Å². The molecule has 1 aliphatic carbocycles. The van der Waals surface area contributed by atoms with Crippen LogP contribution in [-0.4, -0.2) is 56.1 Å². The number of aliphatic hydroxyl groups is 1. The first-order valence-electron chi connectivity index (χ1n) is 20.4. The highest BCUT2D eigenvalue weighted by Crippen LogP contribution is 2.54. The van der Waals surface area contributed by atoms with Crippen LogP contribution < -0.4 is 19.8 Å². The molecule has 6 N–H and O–H groups in total. The van der Waals surface area contributed by atoms with Gasteiger partial charge in [-0.25, -0.2) is 4.98 Å². The van der Waals surface area contributed by atoms with Gasteiger partial charge in [-0.05, 0) is 139 Å². The van der Waals surface area contributed by atoms with Crippen LogP contribution in [0.5, 0.6) is 34.5 Å². The van der Waals surface area contributed by atoms with E-state index in [1.807, 2.05) is 54.6 Å². The molecule has 306 valence electrons. The number of aryl methyl sites for hydroxylation is 2. The highest BCUT2D eigenvalue weighted by molar-refractivity contribution is 5.87. The van der Waals surface area contributed by atoms with E-state index in [9.17, 15) is 25.5 Å². The molecule has 0 unspecified atom stereocenters. The van der Waals surface area contributed by atoms with E-state index in [1.165, 1.54) is 13.2 Å². The normalized spacial score (nSPS) is 18.5. The summed E-state index contributed by atoms with van der Waals surface area (Å²) in [6, 6.07) is 25.6. The van der Waals surface area contributed by atoms with Gasteiger partial charge >= 0.3 is 0 Å². The fourth-order valence-corrected chi connectivity index (χ4v) is 9.75. The maximum absolute atomic E-state index is 15.2. The highest BCUT2D eigenvalue weighted by atomic mass is 16.5. The summed E-state index contributed by atoms with van der Waals surface area (Å²) in [5, 5.41) is 59.3. The van der Waals surface area contributed by atoms with Crippen LogP contribution in [0.15, 0.2) is 97.3 Å². The van der Waals surface area contributed by atoms with Gasteiger partial charge in [0.25, 0.3) is 0 Å². The number of pyridine rings is 1. The maximum Gasteiger partial charge on any atom is 0.200 e. The number of nitrogens with one attached hydrogen (secondary N) is 1. The fourth-order valence-electron chi connectivity index (χ4n) is 9.75. The average molecular weight is 797 g/mol. The monoisotopic (exact) mass is 796 g/mol. The standard InChI is InChI=1S/C48H50N3O8/c1-58-43-24-29(23-42(56)46(43)57)8-15-39(53)45(40(54)16-11-30-12-17-41(55)47-38(30)7-4-22-59-47)48(19-2-5-33(48)27-35-6-3-20-49-35)34-18-21-50-44(28-34)51-36-13-9-32-26-37(52)14-10-31(32)25-36/h3,6,9-10,12-14,17-18,20-21,23-26,28,33,40,45,52,54-57H,2,4-5,7-8,11,15-16,19,22,27H2,1H3,(H,50,51)/q-1/t33-,40+,45+,48-/m0/s1. The molecule has 3 heterocycles. The van der Waals surface area contributed by atoms with E-state index in [0.717, 1.165) is 64.5 Å². The topological polar surface area (TPSA) is 176 Å². The van der Waals surface area contributed by atoms with E-state index < -0.39 is 17.4 Å². The van der Waals surface area contributed by atoms with E-state index in [0.29, 0.717) is 49.4 Å². The number of carbonyl (C=O) groups is 1. The number of ketones is 1. The molecule has 0 saturated heterocycles. The molecule has 0 bridgehead atoms. The number of phenols is 4. The van der Waals surface area contributed by atoms with Crippen molar-refractivity contribution in [2.75, 3.05) is 19.0 Å². The molecule has 6 aromatic rings. The number of hydrogen-bond donors (Lipinski definition) is 6. The van der Waals surface area contributed by atoms with Crippen LogP contribution in [0.25, 0.3) is 10.8 Å². The van der Waals surface area contributed by atoms with E-state index in [4.69, 9.17) is 14.5 Å². The van der Waals surface area contributed by atoms with Gasteiger partial charge < -0.3 is 45.3 Å². The number of nitrogens with zero attached hydrogens (tertiary/aromatic N) is 2. The molecule has 2 aliphatic rings. The quantitative estimate of drug-likeness (QED) is 0.0553. The van der Waals surface area contributed by atoms with Crippen molar-refractivity contribution < 1.29 is 39.8 Å². The minimum atomic E-state index is -1.05. The number of methoxy groups -OCH3 is 1. The second-order valence-corrected chi connectivity index (χ2v) is 16.0. The first-order chi connectivity index (χ1) is 28.6. The molecule has 11 heteroatoms. The second-order valence-electron chi connectivity index (χ2n) is 16.0. The third-order valence-corrected chi connectivity index (χ3v) is 12.5. The van der Waals surface area contributed by atoms with Crippen molar-refractivity contribution in [2.24, 2.45) is 11.8 Å². The van der Waals surface area contributed by atoms with Gasteiger partial charge in [-0.2, -0.15) is 11.9 Å². The molecule has 1 fully saturated rings. The minimum absolute atomic E-state index is 0.0442. The van der Waals surface area contributed by atoms with Gasteiger partial charge in [0.2, 0.25) is 5.75 Å². The first-order valence-corrected chi connectivity index (χ1v) is 20.4. The van der Waals surface area contributed by atoms with Crippen LogP contribution in [0.2, 0.25) is 0 Å². The Hall–Kier alpha value is -6.20. The number of Topliss-reactive ketones (excluding diaryl/α,β-unsaturated/α-hetero) is 1. The predicted octanol–water partition coefficient (Wildman–Crippen LogP) is 8.18. The Balaban J connectivity index is 1.19. The zero-order valence-electron chi connectivity index (χ0n) is 33.1. The number of anilines is 2. The van der Waals surface area contributed by atoms with Gasteiger partial charge in [0.15, 0.2) is 23.0 Å². The Labute approximate surface area is 343 Å². The molecule has 11 nitrogen and oxygen atoms in total.